The Bertz CT molecular complexity index is 1160. The van der Waals surface area contributed by atoms with Gasteiger partial charge in [-0.25, -0.2) is 0 Å². The Morgan fingerprint density at radius 1 is 1.00 bits per heavy atom. The summed E-state index contributed by atoms with van der Waals surface area (Å²) in [6, 6.07) is 24.5. The van der Waals surface area contributed by atoms with Crippen LogP contribution in [0, 0.1) is 0 Å². The molecule has 7 heteroatoms. The minimum absolute atomic E-state index is 0.148. The number of carbonyl (C=O) groups is 1. The lowest BCUT2D eigenvalue weighted by Crippen LogP contribution is -2.11. The lowest BCUT2D eigenvalue weighted by molar-refractivity contribution is 0.102. The van der Waals surface area contributed by atoms with E-state index in [1.165, 1.54) is 5.56 Å². The van der Waals surface area contributed by atoms with Gasteiger partial charge in [0.15, 0.2) is 11.0 Å². The normalized spacial score (nSPS) is 10.7. The minimum Gasteiger partial charge on any atom is -0.322 e. The molecule has 1 amide bonds. The van der Waals surface area contributed by atoms with Crippen LogP contribution in [-0.4, -0.2) is 20.7 Å². The molecule has 3 aromatic carbocycles. The molecule has 0 aliphatic carbocycles. The Morgan fingerprint density at radius 3 is 2.53 bits per heavy atom. The summed E-state index contributed by atoms with van der Waals surface area (Å²) in [7, 11) is 1.94. The van der Waals surface area contributed by atoms with Crippen LogP contribution in [0.3, 0.4) is 0 Å². The van der Waals surface area contributed by atoms with E-state index in [1.807, 2.05) is 78.3 Å². The van der Waals surface area contributed by atoms with Gasteiger partial charge in [0.25, 0.3) is 5.91 Å². The van der Waals surface area contributed by atoms with Gasteiger partial charge in [-0.2, -0.15) is 0 Å². The molecule has 0 saturated heterocycles. The molecule has 1 aromatic heterocycles. The molecule has 0 unspecified atom stereocenters. The van der Waals surface area contributed by atoms with Crippen LogP contribution in [0.15, 0.2) is 84.0 Å². The van der Waals surface area contributed by atoms with Crippen molar-refractivity contribution in [3.63, 3.8) is 0 Å². The van der Waals surface area contributed by atoms with Crippen molar-refractivity contribution < 1.29 is 4.79 Å². The monoisotopic (exact) mass is 434 g/mol. The van der Waals surface area contributed by atoms with Crippen LogP contribution >= 0.6 is 23.4 Å². The maximum Gasteiger partial charge on any atom is 0.255 e. The topological polar surface area (TPSA) is 59.8 Å². The zero-order valence-corrected chi connectivity index (χ0v) is 17.8. The Balaban J connectivity index is 1.48. The van der Waals surface area contributed by atoms with E-state index in [2.05, 4.69) is 15.5 Å². The zero-order valence-electron chi connectivity index (χ0n) is 16.2. The minimum atomic E-state index is -0.148. The number of rotatable bonds is 6. The van der Waals surface area contributed by atoms with Gasteiger partial charge in [0, 0.05) is 34.6 Å². The Morgan fingerprint density at radius 2 is 1.77 bits per heavy atom. The standard InChI is InChI=1S/C23H19ClN4OS/c1-28-21(26-27-23(28)30-15-16-10-12-19(24)13-11-16)18-8-5-9-20(14-18)25-22(29)17-6-3-2-4-7-17/h2-14H,15H2,1H3,(H,25,29). The Hall–Kier alpha value is -3.09. The number of anilines is 1. The second-order valence-corrected chi connectivity index (χ2v) is 8.06. The molecular formula is C23H19ClN4OS. The molecule has 0 bridgehead atoms. The van der Waals surface area contributed by atoms with Crippen LogP contribution in [-0.2, 0) is 12.8 Å². The SMILES string of the molecule is Cn1c(SCc2ccc(Cl)cc2)nnc1-c1cccc(NC(=O)c2ccccc2)c1. The molecule has 150 valence electrons. The van der Waals surface area contributed by atoms with Crippen molar-refractivity contribution in [3.05, 3.63) is 95.0 Å². The Kier molecular flexibility index (Phi) is 6.16. The van der Waals surface area contributed by atoms with Crippen molar-refractivity contribution in [3.8, 4) is 11.4 Å². The lowest BCUT2D eigenvalue weighted by Gasteiger charge is -2.08. The summed E-state index contributed by atoms with van der Waals surface area (Å²) in [6.07, 6.45) is 0. The molecule has 0 aliphatic rings. The predicted molar refractivity (Wildman–Crippen MR) is 122 cm³/mol. The van der Waals surface area contributed by atoms with E-state index >= 15 is 0 Å². The first-order chi connectivity index (χ1) is 14.6. The number of hydrogen-bond acceptors (Lipinski definition) is 4. The quantitative estimate of drug-likeness (QED) is 0.396. The highest BCUT2D eigenvalue weighted by molar-refractivity contribution is 7.98. The van der Waals surface area contributed by atoms with Gasteiger partial charge in [0.2, 0.25) is 0 Å². The number of carbonyl (C=O) groups excluding carboxylic acids is 1. The highest BCUT2D eigenvalue weighted by atomic mass is 35.5. The first-order valence-electron chi connectivity index (χ1n) is 9.33. The number of nitrogens with zero attached hydrogens (tertiary/aromatic N) is 3. The van der Waals surface area contributed by atoms with Crippen LogP contribution in [0.25, 0.3) is 11.4 Å². The molecule has 4 aromatic rings. The highest BCUT2D eigenvalue weighted by Gasteiger charge is 2.13. The molecule has 1 heterocycles. The summed E-state index contributed by atoms with van der Waals surface area (Å²) in [6.45, 7) is 0. The average molecular weight is 435 g/mol. The number of benzene rings is 3. The smallest absolute Gasteiger partial charge is 0.255 e. The van der Waals surface area contributed by atoms with Crippen molar-refractivity contribution in [2.24, 2.45) is 7.05 Å². The molecule has 0 atom stereocenters. The third-order valence-corrected chi connectivity index (χ3v) is 5.87. The molecule has 0 radical (unpaired) electrons. The van der Waals surface area contributed by atoms with Gasteiger partial charge in [-0.1, -0.05) is 65.8 Å². The third-order valence-electron chi connectivity index (χ3n) is 4.53. The molecule has 0 fully saturated rings. The zero-order chi connectivity index (χ0) is 20.9. The van der Waals surface area contributed by atoms with Gasteiger partial charge in [-0.3, -0.25) is 4.79 Å². The predicted octanol–water partition coefficient (Wildman–Crippen LogP) is 5.68. The van der Waals surface area contributed by atoms with Crippen LogP contribution in [0.2, 0.25) is 5.02 Å². The van der Waals surface area contributed by atoms with Crippen LogP contribution in [0.4, 0.5) is 5.69 Å². The van der Waals surface area contributed by atoms with E-state index in [1.54, 1.807) is 23.9 Å². The first-order valence-corrected chi connectivity index (χ1v) is 10.7. The van der Waals surface area contributed by atoms with E-state index < -0.39 is 0 Å². The molecule has 5 nitrogen and oxygen atoms in total. The van der Waals surface area contributed by atoms with Crippen LogP contribution < -0.4 is 5.32 Å². The maximum absolute atomic E-state index is 12.4. The summed E-state index contributed by atoms with van der Waals surface area (Å²) in [5.41, 5.74) is 3.37. The van der Waals surface area contributed by atoms with Crippen LogP contribution in [0.5, 0.6) is 0 Å². The largest absolute Gasteiger partial charge is 0.322 e. The molecule has 0 saturated carbocycles. The Labute approximate surface area is 184 Å². The first kappa shape index (κ1) is 20.2. The fraction of sp³-hybridized carbons (Fsp3) is 0.0870. The molecule has 0 aliphatic heterocycles. The second-order valence-electron chi connectivity index (χ2n) is 6.68. The fourth-order valence-electron chi connectivity index (χ4n) is 2.95. The van der Waals surface area contributed by atoms with E-state index in [4.69, 9.17) is 11.6 Å². The van der Waals surface area contributed by atoms with Crippen molar-refractivity contribution in [1.82, 2.24) is 14.8 Å². The summed E-state index contributed by atoms with van der Waals surface area (Å²) in [4.78, 5) is 12.4. The van der Waals surface area contributed by atoms with Crippen LogP contribution in [0.1, 0.15) is 15.9 Å². The van der Waals surface area contributed by atoms with E-state index in [0.717, 1.165) is 27.3 Å². The molecule has 1 N–H and O–H groups in total. The molecule has 4 rings (SSSR count). The summed E-state index contributed by atoms with van der Waals surface area (Å²) < 4.78 is 1.96. The van der Waals surface area contributed by atoms with Gasteiger partial charge >= 0.3 is 0 Å². The van der Waals surface area contributed by atoms with Gasteiger partial charge in [-0.15, -0.1) is 10.2 Å². The molecule has 0 spiro atoms. The third kappa shape index (κ3) is 4.72. The molecule has 30 heavy (non-hydrogen) atoms. The number of hydrogen-bond donors (Lipinski definition) is 1. The summed E-state index contributed by atoms with van der Waals surface area (Å²) in [5, 5.41) is 13.2. The van der Waals surface area contributed by atoms with Crippen molar-refractivity contribution >= 4 is 35.0 Å². The number of thioether (sulfide) groups is 1. The van der Waals surface area contributed by atoms with Gasteiger partial charge in [-0.05, 0) is 42.0 Å². The van der Waals surface area contributed by atoms with E-state index in [-0.39, 0.29) is 5.91 Å². The summed E-state index contributed by atoms with van der Waals surface area (Å²) >= 11 is 7.55. The van der Waals surface area contributed by atoms with Crippen molar-refractivity contribution in [2.75, 3.05) is 5.32 Å². The van der Waals surface area contributed by atoms with Gasteiger partial charge in [0.05, 0.1) is 0 Å². The number of amides is 1. The number of nitrogens with one attached hydrogen (secondary N) is 1. The van der Waals surface area contributed by atoms with Gasteiger partial charge in [0.1, 0.15) is 0 Å². The van der Waals surface area contributed by atoms with E-state index in [9.17, 15) is 4.79 Å². The second kappa shape index (κ2) is 9.15. The lowest BCUT2D eigenvalue weighted by atomic mass is 10.1. The fourth-order valence-corrected chi connectivity index (χ4v) is 3.94. The van der Waals surface area contributed by atoms with Gasteiger partial charge < -0.3 is 9.88 Å². The van der Waals surface area contributed by atoms with E-state index in [0.29, 0.717) is 11.3 Å². The average Bonchev–Trinajstić information content (AvgIpc) is 3.14. The summed E-state index contributed by atoms with van der Waals surface area (Å²) in [5.74, 6) is 1.37. The number of halogens is 1. The number of aromatic nitrogens is 3. The highest BCUT2D eigenvalue weighted by Crippen LogP contribution is 2.27. The molecular weight excluding hydrogens is 416 g/mol. The van der Waals surface area contributed by atoms with Crippen molar-refractivity contribution in [2.45, 2.75) is 10.9 Å². The maximum atomic E-state index is 12.4. The van der Waals surface area contributed by atoms with Crippen molar-refractivity contribution in [1.29, 1.82) is 0 Å².